The van der Waals surface area contributed by atoms with E-state index < -0.39 is 0 Å². The van der Waals surface area contributed by atoms with E-state index in [0.717, 1.165) is 12.0 Å². The van der Waals surface area contributed by atoms with Gasteiger partial charge in [0.2, 0.25) is 0 Å². The molecule has 0 saturated carbocycles. The SMILES string of the molecule is BN1CCC2CN(C)CC21. The van der Waals surface area contributed by atoms with Crippen molar-refractivity contribution in [3.05, 3.63) is 0 Å². The van der Waals surface area contributed by atoms with Crippen molar-refractivity contribution in [1.29, 1.82) is 0 Å². The van der Waals surface area contributed by atoms with E-state index in [0.29, 0.717) is 0 Å². The molecule has 2 aliphatic heterocycles. The first-order valence-electron chi connectivity index (χ1n) is 4.16. The van der Waals surface area contributed by atoms with Crippen LogP contribution in [0.4, 0.5) is 0 Å². The molecule has 0 aromatic carbocycles. The number of fused-ring (bicyclic) bond motifs is 1. The third kappa shape index (κ3) is 0.885. The van der Waals surface area contributed by atoms with Gasteiger partial charge in [0, 0.05) is 19.1 Å². The standard InChI is InChI=1S/C7H15BN2/c1-9-4-6-2-3-10(8)7(6)5-9/h6-7H,2-5,8H2,1H3. The Morgan fingerprint density at radius 3 is 2.90 bits per heavy atom. The number of nitrogens with zero attached hydrogens (tertiary/aromatic N) is 2. The molecule has 56 valence electrons. The summed E-state index contributed by atoms with van der Waals surface area (Å²) in [5.41, 5.74) is 0. The molecule has 2 nitrogen and oxygen atoms in total. The molecule has 0 amide bonds. The van der Waals surface area contributed by atoms with Crippen LogP contribution in [0, 0.1) is 5.92 Å². The Balaban J connectivity index is 2.05. The van der Waals surface area contributed by atoms with Gasteiger partial charge in [-0.1, -0.05) is 0 Å². The van der Waals surface area contributed by atoms with Gasteiger partial charge in [0.1, 0.15) is 0 Å². The normalized spacial score (nSPS) is 42.5. The molecule has 0 aromatic rings. The number of likely N-dealkylation sites (tertiary alicyclic amines) is 1. The Morgan fingerprint density at radius 2 is 2.20 bits per heavy atom. The Morgan fingerprint density at radius 1 is 1.40 bits per heavy atom. The first-order valence-corrected chi connectivity index (χ1v) is 4.16. The zero-order chi connectivity index (χ0) is 7.14. The molecule has 0 aromatic heterocycles. The summed E-state index contributed by atoms with van der Waals surface area (Å²) in [6.07, 6.45) is 1.42. The summed E-state index contributed by atoms with van der Waals surface area (Å²) >= 11 is 0. The largest absolute Gasteiger partial charge is 0.345 e. The Kier molecular flexibility index (Phi) is 1.50. The molecular formula is C7H15BN2. The van der Waals surface area contributed by atoms with Gasteiger partial charge in [-0.25, -0.2) is 0 Å². The van der Waals surface area contributed by atoms with E-state index >= 15 is 0 Å². The smallest absolute Gasteiger partial charge is 0.185 e. The summed E-state index contributed by atoms with van der Waals surface area (Å²) in [7, 11) is 4.48. The molecule has 2 unspecified atom stereocenters. The number of hydrogen-bond donors (Lipinski definition) is 0. The monoisotopic (exact) mass is 138 g/mol. The quantitative estimate of drug-likeness (QED) is 0.403. The molecule has 0 aliphatic carbocycles. The van der Waals surface area contributed by atoms with Crippen LogP contribution in [0.2, 0.25) is 0 Å². The second-order valence-corrected chi connectivity index (χ2v) is 3.82. The molecular weight excluding hydrogens is 123 g/mol. The van der Waals surface area contributed by atoms with Crippen LogP contribution in [0.3, 0.4) is 0 Å². The fraction of sp³-hybridized carbons (Fsp3) is 1.00. The highest BCUT2D eigenvalue weighted by Crippen LogP contribution is 2.28. The van der Waals surface area contributed by atoms with Gasteiger partial charge in [-0.3, -0.25) is 0 Å². The van der Waals surface area contributed by atoms with E-state index in [-0.39, 0.29) is 0 Å². The average molecular weight is 138 g/mol. The Hall–Kier alpha value is -0.0151. The summed E-state index contributed by atoms with van der Waals surface area (Å²) in [6.45, 7) is 3.94. The van der Waals surface area contributed by atoms with Gasteiger partial charge in [-0.15, -0.1) is 0 Å². The molecule has 2 saturated heterocycles. The van der Waals surface area contributed by atoms with Crippen LogP contribution in [0.15, 0.2) is 0 Å². The van der Waals surface area contributed by atoms with Gasteiger partial charge in [0.05, 0.1) is 0 Å². The van der Waals surface area contributed by atoms with Gasteiger partial charge in [-0.05, 0) is 25.9 Å². The molecule has 2 atom stereocenters. The number of hydrogen-bond acceptors (Lipinski definition) is 2. The maximum atomic E-state index is 2.51. The van der Waals surface area contributed by atoms with Crippen molar-refractivity contribution < 1.29 is 0 Å². The van der Waals surface area contributed by atoms with Gasteiger partial charge in [0.15, 0.2) is 7.98 Å². The molecule has 2 heterocycles. The maximum Gasteiger partial charge on any atom is 0.185 e. The summed E-state index contributed by atoms with van der Waals surface area (Å²) in [4.78, 5) is 4.96. The van der Waals surface area contributed by atoms with Crippen LogP contribution in [0.1, 0.15) is 6.42 Å². The first-order chi connectivity index (χ1) is 4.77. The van der Waals surface area contributed by atoms with Crippen LogP contribution >= 0.6 is 0 Å². The summed E-state index contributed by atoms with van der Waals surface area (Å²) in [5, 5.41) is 0. The van der Waals surface area contributed by atoms with Gasteiger partial charge in [0.25, 0.3) is 0 Å². The molecule has 2 fully saturated rings. The maximum absolute atomic E-state index is 2.51. The lowest BCUT2D eigenvalue weighted by Crippen LogP contribution is -2.32. The van der Waals surface area contributed by atoms with Crippen LogP contribution in [-0.2, 0) is 0 Å². The Labute approximate surface area is 63.6 Å². The van der Waals surface area contributed by atoms with Crippen molar-refractivity contribution in [2.75, 3.05) is 26.7 Å². The van der Waals surface area contributed by atoms with Crippen LogP contribution < -0.4 is 0 Å². The van der Waals surface area contributed by atoms with Gasteiger partial charge >= 0.3 is 0 Å². The van der Waals surface area contributed by atoms with Crippen molar-refractivity contribution in [2.24, 2.45) is 5.92 Å². The molecule has 3 heteroatoms. The van der Waals surface area contributed by atoms with Crippen molar-refractivity contribution in [3.63, 3.8) is 0 Å². The molecule has 0 radical (unpaired) electrons. The van der Waals surface area contributed by atoms with Crippen molar-refractivity contribution in [2.45, 2.75) is 12.5 Å². The third-order valence-corrected chi connectivity index (χ3v) is 3.01. The second kappa shape index (κ2) is 2.24. The highest BCUT2D eigenvalue weighted by Gasteiger charge is 2.37. The molecule has 0 N–H and O–H groups in total. The molecule has 10 heavy (non-hydrogen) atoms. The van der Waals surface area contributed by atoms with E-state index in [1.54, 1.807) is 0 Å². The van der Waals surface area contributed by atoms with E-state index in [9.17, 15) is 0 Å². The van der Waals surface area contributed by atoms with Gasteiger partial charge < -0.3 is 9.71 Å². The number of rotatable bonds is 0. The van der Waals surface area contributed by atoms with E-state index in [4.69, 9.17) is 0 Å². The zero-order valence-corrected chi connectivity index (χ0v) is 6.88. The minimum absolute atomic E-state index is 0.880. The fourth-order valence-corrected chi connectivity index (χ4v) is 2.38. The van der Waals surface area contributed by atoms with Crippen molar-refractivity contribution >= 4 is 7.98 Å². The molecule has 0 spiro atoms. The molecule has 2 aliphatic rings. The average Bonchev–Trinajstić information content (AvgIpc) is 2.35. The predicted octanol–water partition coefficient (Wildman–Crippen LogP) is -0.830. The third-order valence-electron chi connectivity index (χ3n) is 3.01. The zero-order valence-electron chi connectivity index (χ0n) is 6.88. The number of likely N-dealkylation sites (N-methyl/N-ethyl adjacent to an activating group) is 1. The van der Waals surface area contributed by atoms with E-state index in [2.05, 4.69) is 24.7 Å². The van der Waals surface area contributed by atoms with Crippen LogP contribution in [0.25, 0.3) is 0 Å². The summed E-state index contributed by atoms with van der Waals surface area (Å²) in [5.74, 6) is 0.981. The summed E-state index contributed by atoms with van der Waals surface area (Å²) in [6, 6.07) is 0.880. The Bertz CT molecular complexity index is 140. The lowest BCUT2D eigenvalue weighted by molar-refractivity contribution is 0.348. The van der Waals surface area contributed by atoms with E-state index in [1.807, 2.05) is 0 Å². The highest BCUT2D eigenvalue weighted by atomic mass is 15.2. The second-order valence-electron chi connectivity index (χ2n) is 3.82. The minimum Gasteiger partial charge on any atom is -0.345 e. The summed E-state index contributed by atoms with van der Waals surface area (Å²) < 4.78 is 0. The highest BCUT2D eigenvalue weighted by molar-refractivity contribution is 6.04. The predicted molar refractivity (Wildman–Crippen MR) is 44.6 cm³/mol. The van der Waals surface area contributed by atoms with E-state index in [1.165, 1.54) is 26.1 Å². The van der Waals surface area contributed by atoms with Gasteiger partial charge in [-0.2, -0.15) is 0 Å². The topological polar surface area (TPSA) is 6.48 Å². The lowest BCUT2D eigenvalue weighted by Gasteiger charge is -2.18. The van der Waals surface area contributed by atoms with Crippen molar-refractivity contribution in [3.8, 4) is 0 Å². The first kappa shape index (κ1) is 6.68. The fourth-order valence-electron chi connectivity index (χ4n) is 2.38. The van der Waals surface area contributed by atoms with Crippen molar-refractivity contribution in [1.82, 2.24) is 9.71 Å². The molecule has 0 bridgehead atoms. The lowest BCUT2D eigenvalue weighted by atomic mass is 10.0. The minimum atomic E-state index is 0.880. The molecule has 2 rings (SSSR count). The van der Waals surface area contributed by atoms with Crippen LogP contribution in [0.5, 0.6) is 0 Å². The van der Waals surface area contributed by atoms with Crippen LogP contribution in [-0.4, -0.2) is 50.4 Å².